The fourth-order valence-corrected chi connectivity index (χ4v) is 6.71. The van der Waals surface area contributed by atoms with E-state index in [4.69, 9.17) is 4.74 Å². The van der Waals surface area contributed by atoms with Crippen LogP contribution in [0.1, 0.15) is 42.7 Å². The molecule has 5 heterocycles. The second-order valence-corrected chi connectivity index (χ2v) is 11.3. The van der Waals surface area contributed by atoms with E-state index in [-0.39, 0.29) is 5.91 Å². The zero-order valence-corrected chi connectivity index (χ0v) is 22.5. The van der Waals surface area contributed by atoms with Crippen LogP contribution in [0.4, 0.5) is 0 Å². The van der Waals surface area contributed by atoms with Crippen LogP contribution in [0.5, 0.6) is 5.75 Å². The molecule has 0 spiro atoms. The predicted octanol–water partition coefficient (Wildman–Crippen LogP) is 5.22. The van der Waals surface area contributed by atoms with Crippen molar-refractivity contribution < 1.29 is 14.6 Å². The number of ether oxygens (including phenoxy) is 1. The van der Waals surface area contributed by atoms with Gasteiger partial charge in [0.25, 0.3) is 5.91 Å². The van der Waals surface area contributed by atoms with Crippen LogP contribution in [0.2, 0.25) is 0 Å². The molecule has 0 bridgehead atoms. The molecule has 1 saturated heterocycles. The minimum atomic E-state index is -0.597. The first-order valence-corrected chi connectivity index (χ1v) is 13.7. The number of thiophene rings is 1. The number of methoxy groups -OCH3 is 1. The number of hydrogen-bond donors (Lipinski definition) is 1. The summed E-state index contributed by atoms with van der Waals surface area (Å²) in [5, 5.41) is 17.3. The zero-order valence-electron chi connectivity index (χ0n) is 21.7. The Labute approximate surface area is 220 Å². The number of hydrogen-bond acceptors (Lipinski definition) is 5. The molecule has 3 aromatic heterocycles. The summed E-state index contributed by atoms with van der Waals surface area (Å²) in [4.78, 5) is 17.1. The number of aryl methyl sites for hydroxylation is 2. The molecular weight excluding hydrogens is 484 g/mol. The van der Waals surface area contributed by atoms with Crippen molar-refractivity contribution in [2.75, 3.05) is 13.7 Å². The zero-order chi connectivity index (χ0) is 25.9. The normalized spacial score (nSPS) is 19.5. The average molecular weight is 517 g/mol. The molecule has 0 radical (unpaired) electrons. The van der Waals surface area contributed by atoms with Gasteiger partial charge in [0, 0.05) is 47.9 Å². The smallest absolute Gasteiger partial charge is 0.271 e. The Kier molecular flexibility index (Phi) is 5.76. The molecule has 0 unspecified atom stereocenters. The van der Waals surface area contributed by atoms with Crippen molar-refractivity contribution in [3.63, 3.8) is 0 Å². The van der Waals surface area contributed by atoms with Crippen LogP contribution in [0.25, 0.3) is 33.0 Å². The molecule has 1 N–H and O–H groups in total. The summed E-state index contributed by atoms with van der Waals surface area (Å²) in [6, 6.07) is 12.5. The Morgan fingerprint density at radius 1 is 1.19 bits per heavy atom. The molecule has 7 nitrogen and oxygen atoms in total. The summed E-state index contributed by atoms with van der Waals surface area (Å²) < 4.78 is 9.76. The quantitative estimate of drug-likeness (QED) is 0.395. The molecule has 2 aliphatic rings. The third-order valence-electron chi connectivity index (χ3n) is 8.20. The van der Waals surface area contributed by atoms with Crippen molar-refractivity contribution >= 4 is 17.2 Å². The Balaban J connectivity index is 1.55. The van der Waals surface area contributed by atoms with E-state index in [0.717, 1.165) is 58.0 Å². The van der Waals surface area contributed by atoms with Gasteiger partial charge in [0.15, 0.2) is 0 Å². The summed E-state index contributed by atoms with van der Waals surface area (Å²) in [5.41, 5.74) is 6.35. The molecule has 192 valence electrons. The fourth-order valence-electron chi connectivity index (χ4n) is 5.97. The number of aromatic nitrogens is 3. The van der Waals surface area contributed by atoms with E-state index < -0.39 is 11.6 Å². The lowest BCUT2D eigenvalue weighted by Gasteiger charge is -2.38. The molecule has 37 heavy (non-hydrogen) atoms. The van der Waals surface area contributed by atoms with Gasteiger partial charge in [-0.05, 0) is 74.4 Å². The lowest BCUT2D eigenvalue weighted by molar-refractivity contribution is 0.0145. The number of nitrogens with zero attached hydrogens (tertiary/aromatic N) is 4. The third-order valence-corrected chi connectivity index (χ3v) is 9.11. The number of carbonyl (C=O) groups excluding carboxylic acids is 1. The minimum absolute atomic E-state index is 0.00753. The average Bonchev–Trinajstić information content (AvgIpc) is 3.68. The first kappa shape index (κ1) is 24.0. The second kappa shape index (κ2) is 8.89. The third kappa shape index (κ3) is 3.73. The SMILES string of the molecule is COc1cc2c(cc1-c1ccn(C)n1)-c1c(-c3cccs3)cc(C(=O)N3CCC[C@@]3(C)[C@H](C)O)n1CC2. The highest BCUT2D eigenvalue weighted by molar-refractivity contribution is 7.13. The maximum atomic E-state index is 14.1. The van der Waals surface area contributed by atoms with Gasteiger partial charge in [-0.15, -0.1) is 11.3 Å². The van der Waals surface area contributed by atoms with Gasteiger partial charge in [-0.25, -0.2) is 0 Å². The Bertz CT molecular complexity index is 1480. The lowest BCUT2D eigenvalue weighted by Crippen LogP contribution is -2.52. The van der Waals surface area contributed by atoms with E-state index >= 15 is 0 Å². The van der Waals surface area contributed by atoms with E-state index in [1.165, 1.54) is 5.56 Å². The number of aliphatic hydroxyl groups excluding tert-OH is 1. The van der Waals surface area contributed by atoms with Crippen LogP contribution in [-0.4, -0.2) is 55.6 Å². The van der Waals surface area contributed by atoms with Gasteiger partial charge in [-0.2, -0.15) is 5.10 Å². The lowest BCUT2D eigenvalue weighted by atomic mass is 9.92. The molecule has 0 saturated carbocycles. The summed E-state index contributed by atoms with van der Waals surface area (Å²) in [7, 11) is 3.61. The van der Waals surface area contributed by atoms with Gasteiger partial charge >= 0.3 is 0 Å². The van der Waals surface area contributed by atoms with Crippen LogP contribution >= 0.6 is 11.3 Å². The standard InChI is InChI=1S/C29H32N4O3S/c1-18(34)29(2)10-6-11-33(29)28(35)24-17-22(26-7-5-14-37-26)27-20-16-21(23-9-12-31(3)30-23)25(36-4)15-19(20)8-13-32(24)27/h5,7,9,12,14-18,34H,6,8,10-11,13H2,1-4H3/t18-,29-/m0/s1. The summed E-state index contributed by atoms with van der Waals surface area (Å²) >= 11 is 1.68. The Morgan fingerprint density at radius 2 is 2.03 bits per heavy atom. The molecule has 4 aromatic rings. The number of benzene rings is 1. The van der Waals surface area contributed by atoms with Gasteiger partial charge < -0.3 is 19.3 Å². The van der Waals surface area contributed by atoms with Crippen LogP contribution in [0.15, 0.2) is 48.0 Å². The first-order chi connectivity index (χ1) is 17.8. The molecule has 1 fully saturated rings. The predicted molar refractivity (Wildman–Crippen MR) is 146 cm³/mol. The number of fused-ring (bicyclic) bond motifs is 3. The molecular formula is C29H32N4O3S. The monoisotopic (exact) mass is 516 g/mol. The summed E-state index contributed by atoms with van der Waals surface area (Å²) in [6.07, 6.45) is 3.83. The van der Waals surface area contributed by atoms with Crippen LogP contribution < -0.4 is 4.74 Å². The molecule has 2 aliphatic heterocycles. The van der Waals surface area contributed by atoms with Crippen molar-refractivity contribution in [2.24, 2.45) is 7.05 Å². The van der Waals surface area contributed by atoms with Gasteiger partial charge in [0.05, 0.1) is 30.1 Å². The van der Waals surface area contributed by atoms with Gasteiger partial charge in [-0.3, -0.25) is 9.48 Å². The molecule has 0 aliphatic carbocycles. The fraction of sp³-hybridized carbons (Fsp3) is 0.379. The number of amides is 1. The van der Waals surface area contributed by atoms with E-state index in [2.05, 4.69) is 39.3 Å². The van der Waals surface area contributed by atoms with Crippen molar-refractivity contribution in [2.45, 2.75) is 51.3 Å². The number of carbonyl (C=O) groups is 1. The summed E-state index contributed by atoms with van der Waals surface area (Å²) in [6.45, 7) is 5.16. The van der Waals surface area contributed by atoms with Crippen LogP contribution in [0, 0.1) is 0 Å². The maximum absolute atomic E-state index is 14.1. The molecule has 2 atom stereocenters. The van der Waals surface area contributed by atoms with E-state index in [9.17, 15) is 9.90 Å². The molecule has 1 amide bonds. The van der Waals surface area contributed by atoms with E-state index in [0.29, 0.717) is 18.8 Å². The first-order valence-electron chi connectivity index (χ1n) is 12.8. The topological polar surface area (TPSA) is 72.5 Å². The summed E-state index contributed by atoms with van der Waals surface area (Å²) in [5.74, 6) is 0.795. The number of rotatable bonds is 5. The number of likely N-dealkylation sites (tertiary alicyclic amines) is 1. The molecule has 6 rings (SSSR count). The Hall–Kier alpha value is -3.36. The van der Waals surface area contributed by atoms with Crippen molar-refractivity contribution in [3.05, 3.63) is 59.2 Å². The van der Waals surface area contributed by atoms with Crippen molar-refractivity contribution in [1.82, 2.24) is 19.2 Å². The molecule has 1 aromatic carbocycles. The van der Waals surface area contributed by atoms with Crippen molar-refractivity contribution in [1.29, 1.82) is 0 Å². The number of aliphatic hydroxyl groups is 1. The van der Waals surface area contributed by atoms with Crippen molar-refractivity contribution in [3.8, 4) is 38.7 Å². The van der Waals surface area contributed by atoms with Crippen LogP contribution in [0.3, 0.4) is 0 Å². The Morgan fingerprint density at radius 3 is 2.70 bits per heavy atom. The van der Waals surface area contributed by atoms with Gasteiger partial charge in [0.1, 0.15) is 11.4 Å². The largest absolute Gasteiger partial charge is 0.496 e. The van der Waals surface area contributed by atoms with Gasteiger partial charge in [0.2, 0.25) is 0 Å². The molecule has 8 heteroatoms. The van der Waals surface area contributed by atoms with Crippen LogP contribution in [-0.2, 0) is 20.0 Å². The highest BCUT2D eigenvalue weighted by Gasteiger charge is 2.44. The highest BCUT2D eigenvalue weighted by Crippen LogP contribution is 2.46. The second-order valence-electron chi connectivity index (χ2n) is 10.3. The maximum Gasteiger partial charge on any atom is 0.271 e. The van der Waals surface area contributed by atoms with E-state index in [1.807, 2.05) is 37.2 Å². The highest BCUT2D eigenvalue weighted by atomic mass is 32.1. The van der Waals surface area contributed by atoms with E-state index in [1.54, 1.807) is 30.1 Å². The minimum Gasteiger partial charge on any atom is -0.496 e. The van der Waals surface area contributed by atoms with Gasteiger partial charge in [-0.1, -0.05) is 6.07 Å².